The third kappa shape index (κ3) is 3.74. The molecular formula is C22H25N5O3. The van der Waals surface area contributed by atoms with Crippen molar-refractivity contribution in [2.75, 3.05) is 43.7 Å². The second-order valence-corrected chi connectivity index (χ2v) is 7.26. The fraction of sp³-hybridized carbons (Fsp3) is 0.273. The minimum atomic E-state index is -0.755. The van der Waals surface area contributed by atoms with Crippen molar-refractivity contribution in [2.24, 2.45) is 5.73 Å². The van der Waals surface area contributed by atoms with E-state index in [1.807, 2.05) is 36.4 Å². The van der Waals surface area contributed by atoms with E-state index >= 15 is 0 Å². The van der Waals surface area contributed by atoms with Gasteiger partial charge in [-0.05, 0) is 11.6 Å². The Kier molecular flexibility index (Phi) is 5.69. The number of pyridine rings is 1. The number of nitrogens with two attached hydrogens (primary N) is 2. The first-order chi connectivity index (χ1) is 14.6. The number of piperazine rings is 1. The maximum absolute atomic E-state index is 12.9. The molecule has 1 aliphatic rings. The molecule has 30 heavy (non-hydrogen) atoms. The molecule has 4 rings (SSSR count). The lowest BCUT2D eigenvalue weighted by Gasteiger charge is -2.37. The molecule has 8 heteroatoms. The van der Waals surface area contributed by atoms with E-state index in [9.17, 15) is 9.59 Å². The van der Waals surface area contributed by atoms with Gasteiger partial charge in [0.25, 0.3) is 5.56 Å². The number of anilines is 1. The zero-order valence-electron chi connectivity index (χ0n) is 16.7. The van der Waals surface area contributed by atoms with Crippen LogP contribution in [0.1, 0.15) is 15.9 Å². The molecular weight excluding hydrogens is 382 g/mol. The van der Waals surface area contributed by atoms with Crippen LogP contribution < -0.4 is 22.0 Å². The van der Waals surface area contributed by atoms with E-state index in [0.29, 0.717) is 24.3 Å². The molecule has 0 bridgehead atoms. The topological polar surface area (TPSA) is 107 Å². The summed E-state index contributed by atoms with van der Waals surface area (Å²) in [5.74, 6) is 5.24. The highest BCUT2D eigenvalue weighted by Gasteiger charge is 2.28. The van der Waals surface area contributed by atoms with E-state index in [0.717, 1.165) is 29.7 Å². The molecule has 3 aromatic rings. The summed E-state index contributed by atoms with van der Waals surface area (Å²) in [5, 5.41) is 0.736. The van der Waals surface area contributed by atoms with Crippen LogP contribution >= 0.6 is 0 Å². The van der Waals surface area contributed by atoms with Gasteiger partial charge in [-0.3, -0.25) is 15.4 Å². The average molecular weight is 407 g/mol. The number of carbonyl (C=O) groups excluding carboxylic acids is 1. The Bertz CT molecular complexity index is 1100. The highest BCUT2D eigenvalue weighted by molar-refractivity contribution is 6.05. The minimum absolute atomic E-state index is 0.0711. The van der Waals surface area contributed by atoms with Crippen molar-refractivity contribution in [3.8, 4) is 0 Å². The van der Waals surface area contributed by atoms with Gasteiger partial charge >= 0.3 is 5.97 Å². The summed E-state index contributed by atoms with van der Waals surface area (Å²) in [7, 11) is 0. The second-order valence-electron chi connectivity index (χ2n) is 7.26. The van der Waals surface area contributed by atoms with Crippen LogP contribution in [-0.4, -0.2) is 48.5 Å². The summed E-state index contributed by atoms with van der Waals surface area (Å²) >= 11 is 0. The second kappa shape index (κ2) is 8.56. The maximum Gasteiger partial charge on any atom is 0.347 e. The van der Waals surface area contributed by atoms with Crippen LogP contribution in [-0.2, 0) is 11.3 Å². The van der Waals surface area contributed by atoms with E-state index in [2.05, 4.69) is 21.9 Å². The summed E-state index contributed by atoms with van der Waals surface area (Å²) in [4.78, 5) is 30.0. The zero-order chi connectivity index (χ0) is 21.1. The number of esters is 1. The summed E-state index contributed by atoms with van der Waals surface area (Å²) < 4.78 is 5.97. The number of benzene rings is 2. The number of aromatic nitrogens is 1. The Morgan fingerprint density at radius 3 is 2.33 bits per heavy atom. The van der Waals surface area contributed by atoms with Gasteiger partial charge < -0.3 is 15.5 Å². The molecule has 0 amide bonds. The van der Waals surface area contributed by atoms with E-state index in [-0.39, 0.29) is 12.3 Å². The van der Waals surface area contributed by atoms with E-state index in [4.69, 9.17) is 16.3 Å². The monoisotopic (exact) mass is 407 g/mol. The third-order valence-electron chi connectivity index (χ3n) is 5.44. The van der Waals surface area contributed by atoms with E-state index in [1.54, 1.807) is 6.07 Å². The smallest absolute Gasteiger partial charge is 0.347 e. The maximum atomic E-state index is 12.9. The fourth-order valence-corrected chi connectivity index (χ4v) is 3.98. The van der Waals surface area contributed by atoms with Crippen molar-refractivity contribution in [1.29, 1.82) is 0 Å². The summed E-state index contributed by atoms with van der Waals surface area (Å²) in [5.41, 5.74) is 7.11. The van der Waals surface area contributed by atoms with Crippen molar-refractivity contribution in [1.82, 2.24) is 9.58 Å². The number of rotatable bonds is 5. The molecule has 1 aliphatic heterocycles. The highest BCUT2D eigenvalue weighted by Crippen LogP contribution is 2.30. The predicted molar refractivity (Wildman–Crippen MR) is 117 cm³/mol. The first-order valence-electron chi connectivity index (χ1n) is 9.91. The molecule has 0 unspecified atom stereocenters. The SMILES string of the molecule is NCOC(=O)c1c(N2CCN(Cc3ccccc3)CC2)c2ccccc2n(N)c1=O. The predicted octanol–water partition coefficient (Wildman–Crippen LogP) is 1.11. The quantitative estimate of drug-likeness (QED) is 0.371. The number of nitrogens with zero attached hydrogens (tertiary/aromatic N) is 3. The molecule has 1 fully saturated rings. The van der Waals surface area contributed by atoms with Gasteiger partial charge in [0.15, 0.2) is 5.56 Å². The molecule has 0 atom stereocenters. The van der Waals surface area contributed by atoms with Gasteiger partial charge in [0.1, 0.15) is 6.73 Å². The molecule has 156 valence electrons. The summed E-state index contributed by atoms with van der Waals surface area (Å²) in [6.45, 7) is 3.52. The average Bonchev–Trinajstić information content (AvgIpc) is 2.77. The first kappa shape index (κ1) is 19.9. The van der Waals surface area contributed by atoms with Gasteiger partial charge in [-0.1, -0.05) is 48.5 Å². The Labute approximate surface area is 174 Å². The van der Waals surface area contributed by atoms with Crippen LogP contribution in [0.5, 0.6) is 0 Å². The molecule has 1 aromatic heterocycles. The van der Waals surface area contributed by atoms with Crippen LogP contribution in [0.15, 0.2) is 59.4 Å². The number of ether oxygens (including phenoxy) is 1. The molecule has 2 aromatic carbocycles. The molecule has 0 saturated carbocycles. The van der Waals surface area contributed by atoms with Crippen LogP contribution in [0.2, 0.25) is 0 Å². The van der Waals surface area contributed by atoms with Gasteiger partial charge in [-0.15, -0.1) is 0 Å². The van der Waals surface area contributed by atoms with Crippen molar-refractivity contribution in [2.45, 2.75) is 6.54 Å². The molecule has 1 saturated heterocycles. The largest absolute Gasteiger partial charge is 0.446 e. The third-order valence-corrected chi connectivity index (χ3v) is 5.44. The summed E-state index contributed by atoms with van der Waals surface area (Å²) in [6, 6.07) is 17.6. The van der Waals surface area contributed by atoms with Crippen LogP contribution in [0.25, 0.3) is 10.9 Å². The zero-order valence-corrected chi connectivity index (χ0v) is 16.7. The number of fused-ring (bicyclic) bond motifs is 1. The highest BCUT2D eigenvalue weighted by atomic mass is 16.5. The lowest BCUT2D eigenvalue weighted by Crippen LogP contribution is -2.47. The van der Waals surface area contributed by atoms with Gasteiger partial charge in [0.05, 0.1) is 11.2 Å². The number of hydrogen-bond acceptors (Lipinski definition) is 7. The molecule has 0 radical (unpaired) electrons. The van der Waals surface area contributed by atoms with Gasteiger partial charge in [-0.25, -0.2) is 9.47 Å². The number of nitrogen functional groups attached to an aromatic ring is 1. The van der Waals surface area contributed by atoms with Crippen LogP contribution in [0, 0.1) is 0 Å². The number of hydrogen-bond donors (Lipinski definition) is 2. The molecule has 0 aliphatic carbocycles. The Morgan fingerprint density at radius 2 is 1.63 bits per heavy atom. The van der Waals surface area contributed by atoms with Gasteiger partial charge in [0, 0.05) is 38.1 Å². The number of carbonyl (C=O) groups is 1. The Balaban J connectivity index is 1.68. The van der Waals surface area contributed by atoms with Crippen molar-refractivity contribution >= 4 is 22.6 Å². The first-order valence-corrected chi connectivity index (χ1v) is 9.91. The standard InChI is InChI=1S/C22H25N5O3/c23-15-30-22(29)19-20(17-8-4-5-9-18(17)27(24)21(19)28)26-12-10-25(11-13-26)14-16-6-2-1-3-7-16/h1-9H,10-15,23-24H2. The number of para-hydroxylation sites is 1. The minimum Gasteiger partial charge on any atom is -0.446 e. The van der Waals surface area contributed by atoms with Crippen molar-refractivity contribution < 1.29 is 9.53 Å². The van der Waals surface area contributed by atoms with Crippen molar-refractivity contribution in [3.05, 3.63) is 76.1 Å². The summed E-state index contributed by atoms with van der Waals surface area (Å²) in [6.07, 6.45) is 0. The lowest BCUT2D eigenvalue weighted by atomic mass is 10.1. The van der Waals surface area contributed by atoms with Crippen molar-refractivity contribution in [3.63, 3.8) is 0 Å². The van der Waals surface area contributed by atoms with Crippen LogP contribution in [0.3, 0.4) is 0 Å². The Morgan fingerprint density at radius 1 is 0.967 bits per heavy atom. The van der Waals surface area contributed by atoms with Gasteiger partial charge in [-0.2, -0.15) is 0 Å². The fourth-order valence-electron chi connectivity index (χ4n) is 3.98. The van der Waals surface area contributed by atoms with Gasteiger partial charge in [0.2, 0.25) is 0 Å². The molecule has 4 N–H and O–H groups in total. The Hall–Kier alpha value is -3.36. The normalized spacial score (nSPS) is 14.8. The molecule has 0 spiro atoms. The molecule has 2 heterocycles. The van der Waals surface area contributed by atoms with Crippen LogP contribution in [0.4, 0.5) is 5.69 Å². The van der Waals surface area contributed by atoms with E-state index in [1.165, 1.54) is 5.56 Å². The van der Waals surface area contributed by atoms with E-state index < -0.39 is 11.5 Å². The molecule has 8 nitrogen and oxygen atoms in total. The lowest BCUT2D eigenvalue weighted by molar-refractivity contribution is 0.0513.